The predicted octanol–water partition coefficient (Wildman–Crippen LogP) is 1.95. The lowest BCUT2D eigenvalue weighted by atomic mass is 9.97. The van der Waals surface area contributed by atoms with Crippen molar-refractivity contribution in [2.24, 2.45) is 5.92 Å². The Kier molecular flexibility index (Phi) is 5.48. The van der Waals surface area contributed by atoms with Crippen LogP contribution in [0.15, 0.2) is 0 Å². The van der Waals surface area contributed by atoms with Crippen molar-refractivity contribution in [3.63, 3.8) is 0 Å². The number of rotatable bonds is 5. The van der Waals surface area contributed by atoms with E-state index in [0.29, 0.717) is 12.0 Å². The number of hydrogen-bond acceptors (Lipinski definition) is 5. The third-order valence-corrected chi connectivity index (χ3v) is 4.46. The summed E-state index contributed by atoms with van der Waals surface area (Å²) in [5.74, 6) is 0.673. The topological polar surface area (TPSA) is 58.1 Å². The van der Waals surface area contributed by atoms with Gasteiger partial charge in [-0.15, -0.1) is 5.10 Å². The first-order valence-corrected chi connectivity index (χ1v) is 8.23. The number of carbonyl (C=O) groups excluding carboxylic acids is 1. The Hall–Kier alpha value is -1.01. The highest BCUT2D eigenvalue weighted by Crippen LogP contribution is 2.21. The molecule has 1 atom stereocenters. The molecule has 1 aliphatic rings. The molecule has 2 heterocycles. The van der Waals surface area contributed by atoms with Gasteiger partial charge in [0.05, 0.1) is 5.69 Å². The van der Waals surface area contributed by atoms with Crippen LogP contribution in [0.25, 0.3) is 0 Å². The van der Waals surface area contributed by atoms with Gasteiger partial charge in [-0.25, -0.2) is 0 Å². The molecule has 1 aromatic rings. The summed E-state index contributed by atoms with van der Waals surface area (Å²) in [6.45, 7) is 9.02. The number of carbonyl (C=O) groups is 1. The van der Waals surface area contributed by atoms with Crippen LogP contribution < -0.4 is 5.32 Å². The molecule has 0 saturated carbocycles. The first-order valence-electron chi connectivity index (χ1n) is 7.45. The smallest absolute Gasteiger partial charge is 0.267 e. The number of amides is 1. The van der Waals surface area contributed by atoms with Gasteiger partial charge in [0.2, 0.25) is 0 Å². The lowest BCUT2D eigenvalue weighted by Crippen LogP contribution is -2.43. The van der Waals surface area contributed by atoms with Crippen molar-refractivity contribution in [1.29, 1.82) is 0 Å². The average Bonchev–Trinajstić information content (AvgIpc) is 2.93. The van der Waals surface area contributed by atoms with Crippen LogP contribution in [0.1, 0.15) is 49.0 Å². The summed E-state index contributed by atoms with van der Waals surface area (Å²) >= 11 is 1.23. The standard InChI is InChI=1S/C14H24N4OS/c1-4-12-13(20-17-16-12)14(19)18-7-5-6-11(9-18)8-15-10(2)3/h10-11,15H,4-9H2,1-3H3. The van der Waals surface area contributed by atoms with Crippen molar-refractivity contribution >= 4 is 17.4 Å². The molecule has 1 N–H and O–H groups in total. The molecule has 1 saturated heterocycles. The van der Waals surface area contributed by atoms with Gasteiger partial charge in [0, 0.05) is 19.1 Å². The Morgan fingerprint density at radius 3 is 3.05 bits per heavy atom. The maximum atomic E-state index is 12.6. The van der Waals surface area contributed by atoms with Gasteiger partial charge in [-0.05, 0) is 43.3 Å². The Bertz CT molecular complexity index is 446. The number of aromatic nitrogens is 2. The van der Waals surface area contributed by atoms with Crippen LogP contribution in [0.5, 0.6) is 0 Å². The van der Waals surface area contributed by atoms with Gasteiger partial charge in [0.25, 0.3) is 5.91 Å². The zero-order valence-electron chi connectivity index (χ0n) is 12.6. The van der Waals surface area contributed by atoms with E-state index in [1.807, 2.05) is 11.8 Å². The van der Waals surface area contributed by atoms with Gasteiger partial charge in [0.15, 0.2) is 0 Å². The molecule has 1 unspecified atom stereocenters. The summed E-state index contributed by atoms with van der Waals surface area (Å²) in [6, 6.07) is 0.499. The molecule has 1 fully saturated rings. The van der Waals surface area contributed by atoms with Crippen LogP contribution in [0.2, 0.25) is 0 Å². The van der Waals surface area contributed by atoms with E-state index in [9.17, 15) is 4.79 Å². The normalized spacial score (nSPS) is 19.6. The number of aryl methyl sites for hydroxylation is 1. The van der Waals surface area contributed by atoms with Crippen LogP contribution >= 0.6 is 11.5 Å². The van der Waals surface area contributed by atoms with E-state index >= 15 is 0 Å². The van der Waals surface area contributed by atoms with Crippen LogP contribution in [0.3, 0.4) is 0 Å². The Morgan fingerprint density at radius 2 is 2.35 bits per heavy atom. The van der Waals surface area contributed by atoms with Crippen molar-refractivity contribution in [3.05, 3.63) is 10.6 Å². The maximum Gasteiger partial charge on any atom is 0.267 e. The zero-order valence-corrected chi connectivity index (χ0v) is 13.4. The minimum atomic E-state index is 0.117. The van der Waals surface area contributed by atoms with Crippen molar-refractivity contribution in [3.8, 4) is 0 Å². The SMILES string of the molecule is CCc1nnsc1C(=O)N1CCCC(CNC(C)C)C1. The lowest BCUT2D eigenvalue weighted by molar-refractivity contribution is 0.0676. The zero-order chi connectivity index (χ0) is 14.5. The second-order valence-corrected chi connectivity index (χ2v) is 6.48. The first kappa shape index (κ1) is 15.4. The third kappa shape index (κ3) is 3.76. The number of nitrogens with zero attached hydrogens (tertiary/aromatic N) is 3. The average molecular weight is 296 g/mol. The third-order valence-electron chi connectivity index (χ3n) is 3.71. The highest BCUT2D eigenvalue weighted by molar-refractivity contribution is 7.08. The van der Waals surface area contributed by atoms with Gasteiger partial charge >= 0.3 is 0 Å². The fourth-order valence-electron chi connectivity index (χ4n) is 2.56. The van der Waals surface area contributed by atoms with E-state index in [-0.39, 0.29) is 5.91 Å². The maximum absolute atomic E-state index is 12.6. The van der Waals surface area contributed by atoms with Crippen molar-refractivity contribution in [2.75, 3.05) is 19.6 Å². The fraction of sp³-hybridized carbons (Fsp3) is 0.786. The van der Waals surface area contributed by atoms with Gasteiger partial charge in [-0.3, -0.25) is 4.79 Å². The van der Waals surface area contributed by atoms with Crippen LogP contribution in [-0.4, -0.2) is 46.1 Å². The Morgan fingerprint density at radius 1 is 1.55 bits per heavy atom. The highest BCUT2D eigenvalue weighted by atomic mass is 32.1. The van der Waals surface area contributed by atoms with Crippen LogP contribution in [0.4, 0.5) is 0 Å². The van der Waals surface area contributed by atoms with E-state index in [2.05, 4.69) is 28.8 Å². The van der Waals surface area contributed by atoms with Crippen LogP contribution in [-0.2, 0) is 6.42 Å². The molecule has 1 aromatic heterocycles. The summed E-state index contributed by atoms with van der Waals surface area (Å²) in [7, 11) is 0. The molecule has 1 aliphatic heterocycles. The summed E-state index contributed by atoms with van der Waals surface area (Å²) in [5.41, 5.74) is 0.836. The van der Waals surface area contributed by atoms with E-state index in [1.54, 1.807) is 0 Å². The van der Waals surface area contributed by atoms with E-state index in [0.717, 1.165) is 43.0 Å². The van der Waals surface area contributed by atoms with Crippen LogP contribution in [0, 0.1) is 5.92 Å². The van der Waals surface area contributed by atoms with Crippen molar-refractivity contribution < 1.29 is 4.79 Å². The minimum absolute atomic E-state index is 0.117. The number of hydrogen-bond donors (Lipinski definition) is 1. The second-order valence-electron chi connectivity index (χ2n) is 5.72. The molecule has 2 rings (SSSR count). The lowest BCUT2D eigenvalue weighted by Gasteiger charge is -2.33. The molecule has 0 aliphatic carbocycles. The number of piperidine rings is 1. The monoisotopic (exact) mass is 296 g/mol. The number of nitrogens with one attached hydrogen (secondary N) is 1. The molecule has 1 amide bonds. The molecule has 5 nitrogen and oxygen atoms in total. The fourth-order valence-corrected chi connectivity index (χ4v) is 3.28. The number of likely N-dealkylation sites (tertiary alicyclic amines) is 1. The van der Waals surface area contributed by atoms with Gasteiger partial charge in [-0.1, -0.05) is 25.3 Å². The highest BCUT2D eigenvalue weighted by Gasteiger charge is 2.27. The molecular formula is C14H24N4OS. The summed E-state index contributed by atoms with van der Waals surface area (Å²) < 4.78 is 3.92. The molecule has 6 heteroatoms. The van der Waals surface area contributed by atoms with Gasteiger partial charge < -0.3 is 10.2 Å². The van der Waals surface area contributed by atoms with Gasteiger partial charge in [-0.2, -0.15) is 0 Å². The van der Waals surface area contributed by atoms with Crippen molar-refractivity contribution in [2.45, 2.75) is 46.1 Å². The predicted molar refractivity (Wildman–Crippen MR) is 81.1 cm³/mol. The molecule has 112 valence electrons. The Balaban J connectivity index is 1.96. The molecule has 0 aromatic carbocycles. The van der Waals surface area contributed by atoms with E-state index in [4.69, 9.17) is 0 Å². The van der Waals surface area contributed by atoms with Gasteiger partial charge in [0.1, 0.15) is 4.88 Å². The quantitative estimate of drug-likeness (QED) is 0.902. The summed E-state index contributed by atoms with van der Waals surface area (Å²) in [4.78, 5) is 15.3. The molecular weight excluding hydrogens is 272 g/mol. The largest absolute Gasteiger partial charge is 0.338 e. The summed E-state index contributed by atoms with van der Waals surface area (Å²) in [6.07, 6.45) is 3.05. The molecule has 20 heavy (non-hydrogen) atoms. The molecule has 0 radical (unpaired) electrons. The van der Waals surface area contributed by atoms with Crippen molar-refractivity contribution in [1.82, 2.24) is 19.8 Å². The van der Waals surface area contributed by atoms with E-state index < -0.39 is 0 Å². The minimum Gasteiger partial charge on any atom is -0.338 e. The molecule has 0 spiro atoms. The molecule has 0 bridgehead atoms. The summed E-state index contributed by atoms with van der Waals surface area (Å²) in [5, 5.41) is 7.51. The van der Waals surface area contributed by atoms with E-state index in [1.165, 1.54) is 18.0 Å². The Labute approximate surface area is 124 Å². The first-order chi connectivity index (χ1) is 9.61. The second kappa shape index (κ2) is 7.13.